The van der Waals surface area contributed by atoms with Gasteiger partial charge in [0.05, 0.1) is 12.7 Å². The lowest BCUT2D eigenvalue weighted by atomic mass is 9.96. The lowest BCUT2D eigenvalue weighted by molar-refractivity contribution is 0.000303. The smallest absolute Gasteiger partial charge is 0.150 e. The first-order chi connectivity index (χ1) is 9.61. The minimum atomic E-state index is 0.317. The number of nitrogen functional groups attached to an aromatic ring is 1. The second-order valence-electron chi connectivity index (χ2n) is 5.37. The van der Waals surface area contributed by atoms with Gasteiger partial charge in [0, 0.05) is 17.8 Å². The highest BCUT2D eigenvalue weighted by Crippen LogP contribution is 2.33. The predicted octanol–water partition coefficient (Wildman–Crippen LogP) is 3.06. The van der Waals surface area contributed by atoms with Gasteiger partial charge in [-0.2, -0.15) is 0 Å². The number of rotatable bonds is 2. The van der Waals surface area contributed by atoms with Gasteiger partial charge in [0.1, 0.15) is 15.9 Å². The lowest BCUT2D eigenvalue weighted by Crippen LogP contribution is -2.25. The van der Waals surface area contributed by atoms with Crippen molar-refractivity contribution >= 4 is 27.3 Å². The van der Waals surface area contributed by atoms with Gasteiger partial charge in [-0.25, -0.2) is 9.97 Å². The van der Waals surface area contributed by atoms with E-state index in [1.807, 2.05) is 6.92 Å². The van der Waals surface area contributed by atoms with Crippen molar-refractivity contribution in [2.45, 2.75) is 45.1 Å². The zero-order chi connectivity index (χ0) is 14.3. The number of fused-ring (bicyclic) bond motifs is 1. The van der Waals surface area contributed by atoms with Crippen LogP contribution in [0.3, 0.4) is 0 Å². The van der Waals surface area contributed by atoms with Crippen LogP contribution in [0, 0.1) is 6.92 Å². The number of hydrogen-bond acceptors (Lipinski definition) is 4. The molecule has 2 aromatic heterocycles. The van der Waals surface area contributed by atoms with Crippen LogP contribution < -0.4 is 5.73 Å². The molecular weight excluding hydrogens is 320 g/mol. The molecule has 2 unspecified atom stereocenters. The number of anilines is 1. The zero-order valence-corrected chi connectivity index (χ0v) is 13.4. The molecule has 3 heterocycles. The molecule has 20 heavy (non-hydrogen) atoms. The zero-order valence-electron chi connectivity index (χ0n) is 11.8. The Morgan fingerprint density at radius 2 is 2.30 bits per heavy atom. The Morgan fingerprint density at radius 3 is 2.95 bits per heavy atom. The van der Waals surface area contributed by atoms with Gasteiger partial charge in [-0.05, 0) is 42.1 Å². The van der Waals surface area contributed by atoms with E-state index in [4.69, 9.17) is 10.5 Å². The third kappa shape index (κ3) is 2.20. The fourth-order valence-corrected chi connectivity index (χ4v) is 3.44. The summed E-state index contributed by atoms with van der Waals surface area (Å²) in [5.41, 5.74) is 7.88. The van der Waals surface area contributed by atoms with Gasteiger partial charge in [-0.1, -0.05) is 6.92 Å². The highest BCUT2D eigenvalue weighted by molar-refractivity contribution is 9.10. The molecule has 3 rings (SSSR count). The molecule has 108 valence electrons. The fraction of sp³-hybridized carbons (Fsp3) is 0.571. The predicted molar refractivity (Wildman–Crippen MR) is 81.8 cm³/mol. The molecule has 0 aromatic carbocycles. The molecule has 1 fully saturated rings. The van der Waals surface area contributed by atoms with Crippen LogP contribution in [0.5, 0.6) is 0 Å². The quantitative estimate of drug-likeness (QED) is 0.913. The SMILES string of the molecule is CCC1CCC(c2nc(Br)c3c(N)ncc(C)n23)CO1. The maximum Gasteiger partial charge on any atom is 0.150 e. The summed E-state index contributed by atoms with van der Waals surface area (Å²) in [5.74, 6) is 1.84. The van der Waals surface area contributed by atoms with Gasteiger partial charge < -0.3 is 10.5 Å². The third-order valence-corrected chi connectivity index (χ3v) is 4.59. The van der Waals surface area contributed by atoms with Crippen molar-refractivity contribution in [3.05, 3.63) is 22.3 Å². The van der Waals surface area contributed by atoms with Crippen molar-refractivity contribution < 1.29 is 4.74 Å². The first-order valence-corrected chi connectivity index (χ1v) is 7.81. The summed E-state index contributed by atoms with van der Waals surface area (Å²) in [4.78, 5) is 8.87. The Hall–Kier alpha value is -1.14. The van der Waals surface area contributed by atoms with Crippen LogP contribution in [-0.2, 0) is 4.74 Å². The molecule has 1 aliphatic rings. The van der Waals surface area contributed by atoms with E-state index in [1.54, 1.807) is 6.20 Å². The third-order valence-electron chi connectivity index (χ3n) is 4.04. The lowest BCUT2D eigenvalue weighted by Gasteiger charge is -2.27. The van der Waals surface area contributed by atoms with E-state index >= 15 is 0 Å². The number of nitrogens with zero attached hydrogens (tertiary/aromatic N) is 3. The van der Waals surface area contributed by atoms with E-state index in [2.05, 4.69) is 37.2 Å². The summed E-state index contributed by atoms with van der Waals surface area (Å²) in [7, 11) is 0. The van der Waals surface area contributed by atoms with Crippen LogP contribution in [-0.4, -0.2) is 27.1 Å². The standard InChI is InChI=1S/C14H19BrN4O/c1-3-10-5-4-9(7-20-10)14-18-12(15)11-13(16)17-6-8(2)19(11)14/h6,9-10H,3-5,7H2,1-2H3,(H2,16,17). The number of hydrogen-bond donors (Lipinski definition) is 1. The number of imidazole rings is 1. The molecule has 0 aliphatic carbocycles. The molecular formula is C14H19BrN4O. The number of aromatic nitrogens is 3. The second kappa shape index (κ2) is 5.33. The van der Waals surface area contributed by atoms with Gasteiger partial charge in [-0.15, -0.1) is 0 Å². The number of ether oxygens (including phenoxy) is 1. The number of halogens is 1. The second-order valence-corrected chi connectivity index (χ2v) is 6.12. The van der Waals surface area contributed by atoms with E-state index in [0.29, 0.717) is 17.8 Å². The van der Waals surface area contributed by atoms with E-state index in [1.165, 1.54) is 0 Å². The Bertz CT molecular complexity index is 632. The van der Waals surface area contributed by atoms with Crippen molar-refractivity contribution in [3.63, 3.8) is 0 Å². The van der Waals surface area contributed by atoms with Crippen LogP contribution in [0.2, 0.25) is 0 Å². The molecule has 1 saturated heterocycles. The summed E-state index contributed by atoms with van der Waals surface area (Å²) in [6.45, 7) is 4.92. The van der Waals surface area contributed by atoms with Crippen LogP contribution >= 0.6 is 15.9 Å². The minimum Gasteiger partial charge on any atom is -0.382 e. The Labute approximate surface area is 126 Å². The van der Waals surface area contributed by atoms with Crippen LogP contribution in [0.15, 0.2) is 10.8 Å². The maximum atomic E-state index is 5.98. The molecule has 0 spiro atoms. The van der Waals surface area contributed by atoms with Gasteiger partial charge in [0.15, 0.2) is 5.82 Å². The average Bonchev–Trinajstić information content (AvgIpc) is 2.82. The van der Waals surface area contributed by atoms with Crippen molar-refractivity contribution in [1.82, 2.24) is 14.4 Å². The monoisotopic (exact) mass is 338 g/mol. The van der Waals surface area contributed by atoms with Crippen LogP contribution in [0.4, 0.5) is 5.82 Å². The molecule has 6 heteroatoms. The van der Waals surface area contributed by atoms with Gasteiger partial charge in [0.25, 0.3) is 0 Å². The maximum absolute atomic E-state index is 5.98. The summed E-state index contributed by atoms with van der Waals surface area (Å²) < 4.78 is 8.77. The summed E-state index contributed by atoms with van der Waals surface area (Å²) >= 11 is 3.50. The van der Waals surface area contributed by atoms with Crippen molar-refractivity contribution in [2.24, 2.45) is 0 Å². The van der Waals surface area contributed by atoms with Crippen LogP contribution in [0.25, 0.3) is 5.52 Å². The van der Waals surface area contributed by atoms with Gasteiger partial charge in [-0.3, -0.25) is 4.40 Å². The molecule has 5 nitrogen and oxygen atoms in total. The summed E-state index contributed by atoms with van der Waals surface area (Å²) in [5, 5.41) is 0. The normalized spacial score (nSPS) is 23.4. The number of nitrogens with two attached hydrogens (primary N) is 1. The Balaban J connectivity index is 2.03. The molecule has 1 aliphatic heterocycles. The Kier molecular flexibility index (Phi) is 3.69. The Morgan fingerprint density at radius 1 is 1.50 bits per heavy atom. The molecule has 2 aromatic rings. The summed E-state index contributed by atoms with van der Waals surface area (Å²) in [6.07, 6.45) is 5.46. The topological polar surface area (TPSA) is 65.4 Å². The largest absolute Gasteiger partial charge is 0.382 e. The fourth-order valence-electron chi connectivity index (χ4n) is 2.87. The van der Waals surface area contributed by atoms with E-state index in [-0.39, 0.29) is 0 Å². The minimum absolute atomic E-state index is 0.317. The molecule has 2 N–H and O–H groups in total. The van der Waals surface area contributed by atoms with Gasteiger partial charge >= 0.3 is 0 Å². The number of aryl methyl sites for hydroxylation is 1. The van der Waals surface area contributed by atoms with E-state index < -0.39 is 0 Å². The first-order valence-electron chi connectivity index (χ1n) is 7.02. The highest BCUT2D eigenvalue weighted by atomic mass is 79.9. The van der Waals surface area contributed by atoms with Crippen molar-refractivity contribution in [2.75, 3.05) is 12.3 Å². The van der Waals surface area contributed by atoms with E-state index in [0.717, 1.165) is 47.5 Å². The highest BCUT2D eigenvalue weighted by Gasteiger charge is 2.27. The molecule has 0 bridgehead atoms. The van der Waals surface area contributed by atoms with Crippen molar-refractivity contribution in [3.8, 4) is 0 Å². The van der Waals surface area contributed by atoms with Crippen LogP contribution in [0.1, 0.15) is 43.6 Å². The summed E-state index contributed by atoms with van der Waals surface area (Å²) in [6, 6.07) is 0. The molecule has 0 saturated carbocycles. The average molecular weight is 339 g/mol. The molecule has 0 radical (unpaired) electrons. The molecule has 0 amide bonds. The molecule has 2 atom stereocenters. The van der Waals surface area contributed by atoms with Crippen molar-refractivity contribution in [1.29, 1.82) is 0 Å². The van der Waals surface area contributed by atoms with E-state index in [9.17, 15) is 0 Å². The van der Waals surface area contributed by atoms with Gasteiger partial charge in [0.2, 0.25) is 0 Å². The first kappa shape index (κ1) is 13.8.